The third kappa shape index (κ3) is 3.88. The molecule has 4 nitrogen and oxygen atoms in total. The van der Waals surface area contributed by atoms with Crippen molar-refractivity contribution >= 4 is 0 Å². The van der Waals surface area contributed by atoms with Gasteiger partial charge in [-0.1, -0.05) is 42.5 Å². The zero-order valence-corrected chi connectivity index (χ0v) is 14.3. The van der Waals surface area contributed by atoms with Gasteiger partial charge in [0.05, 0.1) is 12.3 Å². The number of hydrogen-bond donors (Lipinski definition) is 0. The summed E-state index contributed by atoms with van der Waals surface area (Å²) in [5.41, 5.74) is 3.26. The van der Waals surface area contributed by atoms with Crippen molar-refractivity contribution in [1.29, 1.82) is 5.26 Å². The van der Waals surface area contributed by atoms with Gasteiger partial charge in [-0.05, 0) is 23.8 Å². The second kappa shape index (κ2) is 8.24. The van der Waals surface area contributed by atoms with Gasteiger partial charge in [0.2, 0.25) is 5.88 Å². The fourth-order valence-electron chi connectivity index (χ4n) is 2.57. The minimum atomic E-state index is -0.332. The van der Waals surface area contributed by atoms with Crippen molar-refractivity contribution in [2.45, 2.75) is 0 Å². The highest BCUT2D eigenvalue weighted by atomic mass is 19.1. The molecule has 3 rings (SSSR count). The van der Waals surface area contributed by atoms with Gasteiger partial charge in [0.1, 0.15) is 24.1 Å². The van der Waals surface area contributed by atoms with Crippen LogP contribution in [0.15, 0.2) is 60.7 Å². The van der Waals surface area contributed by atoms with E-state index in [4.69, 9.17) is 9.47 Å². The summed E-state index contributed by atoms with van der Waals surface area (Å²) in [5.74, 6) is -0.0913. The van der Waals surface area contributed by atoms with Crippen LogP contribution < -0.4 is 4.74 Å². The van der Waals surface area contributed by atoms with Crippen molar-refractivity contribution in [3.63, 3.8) is 0 Å². The normalized spacial score (nSPS) is 10.3. The van der Waals surface area contributed by atoms with E-state index in [0.717, 1.165) is 11.1 Å². The maximum atomic E-state index is 13.3. The number of nitriles is 1. The Bertz CT molecular complexity index is 919. The van der Waals surface area contributed by atoms with Crippen LogP contribution in [0.25, 0.3) is 22.4 Å². The first-order chi connectivity index (χ1) is 12.7. The molecule has 0 aliphatic rings. The van der Waals surface area contributed by atoms with Crippen LogP contribution in [0, 0.1) is 17.1 Å². The number of pyridine rings is 1. The van der Waals surface area contributed by atoms with Gasteiger partial charge in [-0.2, -0.15) is 5.26 Å². The van der Waals surface area contributed by atoms with E-state index in [1.165, 1.54) is 12.1 Å². The number of nitrogens with zero attached hydrogens (tertiary/aromatic N) is 2. The molecule has 2 aromatic carbocycles. The van der Waals surface area contributed by atoms with Crippen LogP contribution in [-0.4, -0.2) is 25.3 Å². The van der Waals surface area contributed by atoms with E-state index in [-0.39, 0.29) is 18.3 Å². The first-order valence-electron chi connectivity index (χ1n) is 8.11. The predicted octanol–water partition coefficient (Wildman–Crippen LogP) is 4.45. The van der Waals surface area contributed by atoms with Gasteiger partial charge in [-0.3, -0.25) is 0 Å². The lowest BCUT2D eigenvalue weighted by atomic mass is 9.99. The monoisotopic (exact) mass is 348 g/mol. The lowest BCUT2D eigenvalue weighted by Crippen LogP contribution is -2.08. The van der Waals surface area contributed by atoms with E-state index < -0.39 is 0 Å². The average Bonchev–Trinajstić information content (AvgIpc) is 2.69. The summed E-state index contributed by atoms with van der Waals surface area (Å²) in [7, 11) is 1.58. The molecule has 26 heavy (non-hydrogen) atoms. The van der Waals surface area contributed by atoms with Crippen molar-refractivity contribution in [2.24, 2.45) is 0 Å². The van der Waals surface area contributed by atoms with Crippen molar-refractivity contribution in [3.05, 3.63) is 72.0 Å². The largest absolute Gasteiger partial charge is 0.474 e. The van der Waals surface area contributed by atoms with E-state index in [2.05, 4.69) is 11.1 Å². The molecule has 0 N–H and O–H groups in total. The van der Waals surface area contributed by atoms with Crippen LogP contribution in [-0.2, 0) is 4.74 Å². The molecule has 3 aromatic rings. The van der Waals surface area contributed by atoms with E-state index in [1.54, 1.807) is 19.2 Å². The number of hydrogen-bond acceptors (Lipinski definition) is 4. The minimum Gasteiger partial charge on any atom is -0.474 e. The standard InChI is InChI=1S/C21H17FN2O2/c1-25-11-12-26-21-19(14-23)18(15-7-9-17(22)10-8-15)13-20(24-21)16-5-3-2-4-6-16/h2-10,13H,11-12H2,1H3. The number of aromatic nitrogens is 1. The van der Waals surface area contributed by atoms with Crippen LogP contribution in [0.3, 0.4) is 0 Å². The number of rotatable bonds is 6. The molecule has 0 aliphatic carbocycles. The summed E-state index contributed by atoms with van der Waals surface area (Å²) >= 11 is 0. The van der Waals surface area contributed by atoms with Crippen molar-refractivity contribution in [1.82, 2.24) is 4.98 Å². The summed E-state index contributed by atoms with van der Waals surface area (Å²) in [6.07, 6.45) is 0. The van der Waals surface area contributed by atoms with Crippen LogP contribution >= 0.6 is 0 Å². The van der Waals surface area contributed by atoms with Crippen molar-refractivity contribution in [2.75, 3.05) is 20.3 Å². The van der Waals surface area contributed by atoms with Gasteiger partial charge in [-0.25, -0.2) is 9.37 Å². The summed E-state index contributed by atoms with van der Waals surface area (Å²) in [6, 6.07) is 19.6. The van der Waals surface area contributed by atoms with Gasteiger partial charge in [0.25, 0.3) is 0 Å². The maximum Gasteiger partial charge on any atom is 0.232 e. The maximum absolute atomic E-state index is 13.3. The molecule has 130 valence electrons. The zero-order valence-electron chi connectivity index (χ0n) is 14.3. The highest BCUT2D eigenvalue weighted by Gasteiger charge is 2.16. The van der Waals surface area contributed by atoms with E-state index in [0.29, 0.717) is 23.4 Å². The van der Waals surface area contributed by atoms with Gasteiger partial charge in [0, 0.05) is 18.2 Å². The molecular formula is C21H17FN2O2. The summed E-state index contributed by atoms with van der Waals surface area (Å²) < 4.78 is 24.0. The zero-order chi connectivity index (χ0) is 18.4. The van der Waals surface area contributed by atoms with Gasteiger partial charge >= 0.3 is 0 Å². The highest BCUT2D eigenvalue weighted by Crippen LogP contribution is 2.33. The average molecular weight is 348 g/mol. The second-order valence-corrected chi connectivity index (χ2v) is 5.56. The molecule has 0 spiro atoms. The first kappa shape index (κ1) is 17.6. The number of benzene rings is 2. The van der Waals surface area contributed by atoms with Crippen LogP contribution in [0.2, 0.25) is 0 Å². The Morgan fingerprint density at radius 2 is 1.73 bits per heavy atom. The smallest absolute Gasteiger partial charge is 0.232 e. The highest BCUT2D eigenvalue weighted by molar-refractivity contribution is 5.77. The van der Waals surface area contributed by atoms with E-state index in [9.17, 15) is 9.65 Å². The molecule has 0 fully saturated rings. The number of ether oxygens (including phenoxy) is 2. The molecule has 0 bridgehead atoms. The van der Waals surface area contributed by atoms with Gasteiger partial charge in [0.15, 0.2) is 0 Å². The molecule has 0 radical (unpaired) electrons. The summed E-state index contributed by atoms with van der Waals surface area (Å²) in [6.45, 7) is 0.660. The number of halogens is 1. The minimum absolute atomic E-state index is 0.241. The Balaban J connectivity index is 2.15. The first-order valence-corrected chi connectivity index (χ1v) is 8.11. The Kier molecular flexibility index (Phi) is 5.57. The molecule has 0 aliphatic heterocycles. The van der Waals surface area contributed by atoms with Crippen LogP contribution in [0.5, 0.6) is 5.88 Å². The fraction of sp³-hybridized carbons (Fsp3) is 0.143. The third-order valence-corrected chi connectivity index (χ3v) is 3.85. The van der Waals surface area contributed by atoms with E-state index >= 15 is 0 Å². The van der Waals surface area contributed by atoms with E-state index in [1.807, 2.05) is 36.4 Å². The van der Waals surface area contributed by atoms with Crippen molar-refractivity contribution < 1.29 is 13.9 Å². The molecular weight excluding hydrogens is 331 g/mol. The van der Waals surface area contributed by atoms with Crippen LogP contribution in [0.1, 0.15) is 5.56 Å². The molecule has 1 aromatic heterocycles. The Morgan fingerprint density at radius 3 is 2.38 bits per heavy atom. The molecule has 5 heteroatoms. The predicted molar refractivity (Wildman–Crippen MR) is 97.2 cm³/mol. The fourth-order valence-corrected chi connectivity index (χ4v) is 2.57. The molecule has 0 saturated heterocycles. The second-order valence-electron chi connectivity index (χ2n) is 5.56. The number of methoxy groups -OCH3 is 1. The molecule has 0 atom stereocenters. The Morgan fingerprint density at radius 1 is 1.00 bits per heavy atom. The topological polar surface area (TPSA) is 55.1 Å². The quantitative estimate of drug-likeness (QED) is 0.618. The molecule has 0 unspecified atom stereocenters. The SMILES string of the molecule is COCCOc1nc(-c2ccccc2)cc(-c2ccc(F)cc2)c1C#N. The Hall–Kier alpha value is -3.23. The van der Waals surface area contributed by atoms with Crippen LogP contribution in [0.4, 0.5) is 4.39 Å². The summed E-state index contributed by atoms with van der Waals surface area (Å²) in [5, 5.41) is 9.66. The lowest BCUT2D eigenvalue weighted by Gasteiger charge is -2.13. The molecule has 1 heterocycles. The third-order valence-electron chi connectivity index (χ3n) is 3.85. The van der Waals surface area contributed by atoms with Crippen molar-refractivity contribution in [3.8, 4) is 34.3 Å². The molecule has 0 saturated carbocycles. The van der Waals surface area contributed by atoms with Gasteiger partial charge < -0.3 is 9.47 Å². The van der Waals surface area contributed by atoms with Gasteiger partial charge in [-0.15, -0.1) is 0 Å². The Labute approximate surface area is 151 Å². The molecule has 0 amide bonds. The summed E-state index contributed by atoms with van der Waals surface area (Å²) in [4.78, 5) is 4.51. The lowest BCUT2D eigenvalue weighted by molar-refractivity contribution is 0.143.